The molecule has 3 atom stereocenters. The molecule has 6 rings (SSSR count). The van der Waals surface area contributed by atoms with Crippen LogP contribution in [-0.4, -0.2) is 16.8 Å². The highest BCUT2D eigenvalue weighted by molar-refractivity contribution is 9.10. The second kappa shape index (κ2) is 4.48. The first-order valence-electron chi connectivity index (χ1n) is 7.99. The van der Waals surface area contributed by atoms with Crippen LogP contribution in [0.3, 0.4) is 0 Å². The van der Waals surface area contributed by atoms with Crippen molar-refractivity contribution in [3.8, 4) is 0 Å². The Morgan fingerprint density at radius 2 is 1.86 bits per heavy atom. The molecular formula is C17H18BrClN2. The maximum atomic E-state index is 6.90. The third-order valence-electron chi connectivity index (χ3n) is 5.86. The Kier molecular flexibility index (Phi) is 2.76. The molecule has 21 heavy (non-hydrogen) atoms. The molecule has 0 N–H and O–H groups in total. The number of hydrogen-bond donors (Lipinski definition) is 0. The summed E-state index contributed by atoms with van der Waals surface area (Å²) < 4.78 is 1.09. The summed E-state index contributed by atoms with van der Waals surface area (Å²) in [4.78, 5) is 7.54. The molecule has 4 heteroatoms. The third-order valence-corrected chi connectivity index (χ3v) is 6.80. The molecule has 3 aliphatic heterocycles. The number of benzene rings is 1. The van der Waals surface area contributed by atoms with Crippen LogP contribution >= 0.6 is 27.5 Å². The Balaban J connectivity index is 1.68. The van der Waals surface area contributed by atoms with E-state index in [2.05, 4.69) is 39.0 Å². The fraction of sp³-hybridized carbons (Fsp3) is 0.588. The van der Waals surface area contributed by atoms with Crippen LogP contribution in [-0.2, 0) is 0 Å². The lowest BCUT2D eigenvalue weighted by Crippen LogP contribution is -2.43. The first kappa shape index (κ1) is 13.0. The van der Waals surface area contributed by atoms with E-state index in [4.69, 9.17) is 16.6 Å². The zero-order valence-corrected chi connectivity index (χ0v) is 14.1. The van der Waals surface area contributed by atoms with E-state index >= 15 is 0 Å². The van der Waals surface area contributed by atoms with Gasteiger partial charge in [0.25, 0.3) is 0 Å². The van der Waals surface area contributed by atoms with Crippen molar-refractivity contribution in [2.75, 3.05) is 0 Å². The van der Waals surface area contributed by atoms with Gasteiger partial charge in [-0.15, -0.1) is 0 Å². The Morgan fingerprint density at radius 3 is 2.62 bits per heavy atom. The van der Waals surface area contributed by atoms with Crippen LogP contribution in [0, 0.1) is 17.8 Å². The number of alkyl halides is 1. The van der Waals surface area contributed by atoms with Crippen LogP contribution < -0.4 is 0 Å². The van der Waals surface area contributed by atoms with E-state index in [-0.39, 0.29) is 5.50 Å². The molecule has 0 spiro atoms. The molecule has 3 heterocycles. The number of nitrogens with zero attached hydrogens (tertiary/aromatic N) is 2. The van der Waals surface area contributed by atoms with Crippen molar-refractivity contribution >= 4 is 39.1 Å². The van der Waals surface area contributed by atoms with E-state index in [1.54, 1.807) is 0 Å². The second-order valence-electron chi connectivity index (χ2n) is 7.18. The van der Waals surface area contributed by atoms with Crippen LogP contribution in [0.4, 0.5) is 5.69 Å². The molecule has 0 aromatic heterocycles. The normalized spacial score (nSPS) is 39.6. The highest BCUT2D eigenvalue weighted by atomic mass is 79.9. The van der Waals surface area contributed by atoms with Gasteiger partial charge in [-0.1, -0.05) is 33.6 Å². The number of aliphatic imine (C=N–C) groups is 1. The predicted octanol–water partition coefficient (Wildman–Crippen LogP) is 5.24. The van der Waals surface area contributed by atoms with Crippen LogP contribution in [0.25, 0.3) is 0 Å². The van der Waals surface area contributed by atoms with Gasteiger partial charge >= 0.3 is 0 Å². The Hall–Kier alpha value is -0.540. The Labute approximate surface area is 138 Å². The van der Waals surface area contributed by atoms with Crippen molar-refractivity contribution in [1.29, 1.82) is 0 Å². The highest BCUT2D eigenvalue weighted by Gasteiger charge is 2.48. The van der Waals surface area contributed by atoms with E-state index in [0.717, 1.165) is 22.0 Å². The van der Waals surface area contributed by atoms with E-state index in [9.17, 15) is 0 Å². The fourth-order valence-corrected chi connectivity index (χ4v) is 5.98. The van der Waals surface area contributed by atoms with Gasteiger partial charge in [-0.25, -0.2) is 4.99 Å². The van der Waals surface area contributed by atoms with Crippen molar-refractivity contribution in [3.63, 3.8) is 0 Å². The lowest BCUT2D eigenvalue weighted by atomic mass is 9.68. The van der Waals surface area contributed by atoms with Gasteiger partial charge in [0.2, 0.25) is 0 Å². The van der Waals surface area contributed by atoms with E-state index in [1.165, 1.54) is 43.5 Å². The minimum Gasteiger partial charge on any atom is -0.336 e. The SMILES string of the molecule is ClC1c2ccc(Br)cc2N=C2C3CC4CC(C3)CC(C4)N21. The molecule has 2 nitrogen and oxygen atoms in total. The zero-order valence-electron chi connectivity index (χ0n) is 11.8. The summed E-state index contributed by atoms with van der Waals surface area (Å²) in [6.07, 6.45) is 6.74. The molecule has 0 radical (unpaired) electrons. The molecule has 5 aliphatic rings. The van der Waals surface area contributed by atoms with Gasteiger partial charge in [-0.05, 0) is 56.1 Å². The number of fused-ring (bicyclic) bond motifs is 1. The molecule has 1 aromatic rings. The van der Waals surface area contributed by atoms with Crippen LogP contribution in [0.5, 0.6) is 0 Å². The minimum atomic E-state index is -0.0382. The fourth-order valence-electron chi connectivity index (χ4n) is 5.19. The lowest BCUT2D eigenvalue weighted by molar-refractivity contribution is 0.126. The summed E-state index contributed by atoms with van der Waals surface area (Å²) in [6, 6.07) is 6.94. The highest BCUT2D eigenvalue weighted by Crippen LogP contribution is 2.53. The minimum absolute atomic E-state index is 0.0382. The molecule has 0 amide bonds. The summed E-state index contributed by atoms with van der Waals surface area (Å²) in [5.41, 5.74) is 2.20. The van der Waals surface area contributed by atoms with Crippen LogP contribution in [0.2, 0.25) is 0 Å². The third kappa shape index (κ3) is 1.86. The first-order chi connectivity index (χ1) is 10.2. The molecule has 2 saturated heterocycles. The molecule has 2 saturated carbocycles. The van der Waals surface area contributed by atoms with Gasteiger partial charge in [-0.3, -0.25) is 0 Å². The smallest absolute Gasteiger partial charge is 0.133 e. The van der Waals surface area contributed by atoms with Gasteiger partial charge in [0, 0.05) is 22.0 Å². The summed E-state index contributed by atoms with van der Waals surface area (Å²) >= 11 is 10.5. The van der Waals surface area contributed by atoms with Crippen molar-refractivity contribution < 1.29 is 0 Å². The van der Waals surface area contributed by atoms with Gasteiger partial charge in [0.1, 0.15) is 11.3 Å². The summed E-state index contributed by atoms with van der Waals surface area (Å²) in [5.74, 6) is 3.73. The van der Waals surface area contributed by atoms with Crippen molar-refractivity contribution in [2.24, 2.45) is 22.7 Å². The maximum absolute atomic E-state index is 6.90. The second-order valence-corrected chi connectivity index (χ2v) is 8.51. The number of rotatable bonds is 0. The van der Waals surface area contributed by atoms with Crippen LogP contribution in [0.1, 0.15) is 43.2 Å². The Bertz CT molecular complexity index is 630. The van der Waals surface area contributed by atoms with Crippen molar-refractivity contribution in [1.82, 2.24) is 4.90 Å². The topological polar surface area (TPSA) is 15.6 Å². The molecule has 2 aliphatic carbocycles. The molecule has 110 valence electrons. The van der Waals surface area contributed by atoms with Gasteiger partial charge < -0.3 is 4.90 Å². The molecule has 3 unspecified atom stereocenters. The number of halogens is 2. The zero-order chi connectivity index (χ0) is 14.1. The summed E-state index contributed by atoms with van der Waals surface area (Å²) in [6.45, 7) is 0. The largest absolute Gasteiger partial charge is 0.336 e. The predicted molar refractivity (Wildman–Crippen MR) is 89.0 cm³/mol. The summed E-state index contributed by atoms with van der Waals surface area (Å²) in [7, 11) is 0. The lowest BCUT2D eigenvalue weighted by Gasteiger charge is -2.41. The van der Waals surface area contributed by atoms with Crippen molar-refractivity contribution in [3.05, 3.63) is 28.2 Å². The summed E-state index contributed by atoms with van der Waals surface area (Å²) in [5, 5.41) is 0. The van der Waals surface area contributed by atoms with E-state index in [0.29, 0.717) is 12.0 Å². The molecular weight excluding hydrogens is 348 g/mol. The van der Waals surface area contributed by atoms with Crippen molar-refractivity contribution in [2.45, 2.75) is 43.6 Å². The van der Waals surface area contributed by atoms with Gasteiger partial charge in [0.15, 0.2) is 0 Å². The van der Waals surface area contributed by atoms with Gasteiger partial charge in [0.05, 0.1) is 5.69 Å². The standard InChI is InChI=1S/C17H18BrClN2/c18-12-1-2-14-15(8-12)20-17-11-4-9-3-10(5-11)7-13(6-9)21(17)16(14)19/h1-2,8-11,13,16H,3-7H2. The monoisotopic (exact) mass is 364 g/mol. The van der Waals surface area contributed by atoms with E-state index in [1.807, 2.05) is 0 Å². The number of amidine groups is 1. The van der Waals surface area contributed by atoms with E-state index < -0.39 is 0 Å². The molecule has 4 bridgehead atoms. The average molecular weight is 366 g/mol. The van der Waals surface area contributed by atoms with Gasteiger partial charge in [-0.2, -0.15) is 0 Å². The molecule has 1 aromatic carbocycles. The Morgan fingerprint density at radius 1 is 1.10 bits per heavy atom. The first-order valence-corrected chi connectivity index (χ1v) is 9.22. The molecule has 4 fully saturated rings. The number of hydrogen-bond acceptors (Lipinski definition) is 2. The average Bonchev–Trinajstić information content (AvgIpc) is 2.61. The maximum Gasteiger partial charge on any atom is 0.133 e. The quantitative estimate of drug-likeness (QED) is 0.453. The van der Waals surface area contributed by atoms with Crippen LogP contribution in [0.15, 0.2) is 27.7 Å².